The van der Waals surface area contributed by atoms with Gasteiger partial charge in [0.1, 0.15) is 6.29 Å². The van der Waals surface area contributed by atoms with Crippen molar-refractivity contribution in [3.8, 4) is 0 Å². The summed E-state index contributed by atoms with van der Waals surface area (Å²) in [6.07, 6.45) is 2.42. The van der Waals surface area contributed by atoms with Gasteiger partial charge in [-0.1, -0.05) is 13.8 Å². The van der Waals surface area contributed by atoms with E-state index in [2.05, 4.69) is 39.9 Å². The zero-order valence-corrected chi connectivity index (χ0v) is 8.64. The van der Waals surface area contributed by atoms with E-state index in [4.69, 9.17) is 0 Å². The second-order valence-corrected chi connectivity index (χ2v) is 4.29. The Morgan fingerprint density at radius 2 is 1.83 bits per heavy atom. The summed E-state index contributed by atoms with van der Waals surface area (Å²) in [5.74, 6) is 0.370. The first-order valence-corrected chi connectivity index (χ1v) is 4.30. The minimum atomic E-state index is 0.0269. The van der Waals surface area contributed by atoms with Crippen LogP contribution in [0.1, 0.15) is 34.6 Å². The first kappa shape index (κ1) is 11.2. The highest BCUT2D eigenvalue weighted by Gasteiger charge is 2.12. The number of nitrogens with one attached hydrogen (secondary N) is 1. The van der Waals surface area contributed by atoms with E-state index in [1.54, 1.807) is 6.08 Å². The molecule has 0 aromatic heterocycles. The number of hydrogen-bond acceptors (Lipinski definition) is 2. The van der Waals surface area contributed by atoms with E-state index in [0.29, 0.717) is 5.92 Å². The van der Waals surface area contributed by atoms with E-state index in [-0.39, 0.29) is 5.54 Å². The maximum atomic E-state index is 10.3. The minimum absolute atomic E-state index is 0.0269. The number of allylic oxidation sites excluding steroid dienone is 2. The Labute approximate surface area is 75.0 Å². The van der Waals surface area contributed by atoms with Crippen molar-refractivity contribution in [2.75, 3.05) is 0 Å². The van der Waals surface area contributed by atoms with Crippen LogP contribution in [0.15, 0.2) is 11.8 Å². The summed E-state index contributed by atoms with van der Waals surface area (Å²) in [5, 5.41) is 3.29. The molecule has 0 aliphatic carbocycles. The summed E-state index contributed by atoms with van der Waals surface area (Å²) in [4.78, 5) is 10.3. The minimum Gasteiger partial charge on any atom is -0.383 e. The normalized spacial score (nSPS) is 13.3. The molecule has 0 fully saturated rings. The lowest BCUT2D eigenvalue weighted by atomic mass is 10.0. The molecule has 0 saturated heterocycles. The van der Waals surface area contributed by atoms with E-state index in [1.165, 1.54) is 0 Å². The van der Waals surface area contributed by atoms with Crippen LogP contribution < -0.4 is 5.32 Å². The Balaban J connectivity index is 4.35. The number of rotatable bonds is 3. The van der Waals surface area contributed by atoms with E-state index in [0.717, 1.165) is 12.0 Å². The molecule has 0 saturated carbocycles. The first-order valence-electron chi connectivity index (χ1n) is 4.30. The maximum absolute atomic E-state index is 10.3. The Morgan fingerprint density at radius 3 is 2.08 bits per heavy atom. The van der Waals surface area contributed by atoms with Crippen LogP contribution >= 0.6 is 0 Å². The molecule has 0 amide bonds. The third kappa shape index (κ3) is 4.94. The predicted molar refractivity (Wildman–Crippen MR) is 51.9 cm³/mol. The molecule has 0 spiro atoms. The molecule has 2 nitrogen and oxygen atoms in total. The van der Waals surface area contributed by atoms with Crippen molar-refractivity contribution in [3.05, 3.63) is 11.8 Å². The van der Waals surface area contributed by atoms with Gasteiger partial charge in [-0.15, -0.1) is 0 Å². The second kappa shape index (κ2) is 4.29. The quantitative estimate of drug-likeness (QED) is 0.518. The van der Waals surface area contributed by atoms with Crippen molar-refractivity contribution in [2.45, 2.75) is 40.2 Å². The van der Waals surface area contributed by atoms with Gasteiger partial charge in [0.25, 0.3) is 0 Å². The fraction of sp³-hybridized carbons (Fsp3) is 0.700. The Kier molecular flexibility index (Phi) is 4.01. The molecule has 0 heterocycles. The molecule has 12 heavy (non-hydrogen) atoms. The Morgan fingerprint density at radius 1 is 1.33 bits per heavy atom. The Hall–Kier alpha value is -0.790. The average Bonchev–Trinajstić information content (AvgIpc) is 1.83. The van der Waals surface area contributed by atoms with Gasteiger partial charge >= 0.3 is 0 Å². The Bertz CT molecular complexity index is 175. The summed E-state index contributed by atoms with van der Waals surface area (Å²) in [5.41, 5.74) is 1.02. The third-order valence-corrected chi connectivity index (χ3v) is 1.39. The molecule has 70 valence electrons. The number of aldehydes is 1. The molecule has 0 rings (SSSR count). The molecule has 2 heteroatoms. The highest BCUT2D eigenvalue weighted by atomic mass is 16.1. The first-order chi connectivity index (χ1) is 5.37. The molecule has 0 radical (unpaired) electrons. The van der Waals surface area contributed by atoms with Gasteiger partial charge in [0.05, 0.1) is 0 Å². The van der Waals surface area contributed by atoms with Gasteiger partial charge in [0.15, 0.2) is 0 Å². The number of hydrogen-bond donors (Lipinski definition) is 1. The van der Waals surface area contributed by atoms with E-state index in [1.807, 2.05) is 0 Å². The van der Waals surface area contributed by atoms with Gasteiger partial charge in [-0.2, -0.15) is 0 Å². The topological polar surface area (TPSA) is 29.1 Å². The molecule has 0 unspecified atom stereocenters. The molecule has 0 atom stereocenters. The van der Waals surface area contributed by atoms with Crippen molar-refractivity contribution in [2.24, 2.45) is 5.92 Å². The zero-order chi connectivity index (χ0) is 9.78. The van der Waals surface area contributed by atoms with Crippen molar-refractivity contribution in [1.29, 1.82) is 0 Å². The van der Waals surface area contributed by atoms with Crippen LogP contribution in [0.25, 0.3) is 0 Å². The maximum Gasteiger partial charge on any atom is 0.144 e. The van der Waals surface area contributed by atoms with Gasteiger partial charge < -0.3 is 5.32 Å². The van der Waals surface area contributed by atoms with Crippen LogP contribution in [0.4, 0.5) is 0 Å². The van der Waals surface area contributed by atoms with E-state index >= 15 is 0 Å². The van der Waals surface area contributed by atoms with Gasteiger partial charge in [-0.05, 0) is 32.8 Å². The average molecular weight is 169 g/mol. The van der Waals surface area contributed by atoms with Crippen LogP contribution in [-0.2, 0) is 4.79 Å². The van der Waals surface area contributed by atoms with Gasteiger partial charge in [0.2, 0.25) is 0 Å². The lowest BCUT2D eigenvalue weighted by Crippen LogP contribution is -2.36. The number of carbonyl (C=O) groups excluding carboxylic acids is 1. The lowest BCUT2D eigenvalue weighted by molar-refractivity contribution is -0.104. The van der Waals surface area contributed by atoms with Crippen LogP contribution in [0.5, 0.6) is 0 Å². The smallest absolute Gasteiger partial charge is 0.144 e. The van der Waals surface area contributed by atoms with E-state index in [9.17, 15) is 4.79 Å². The van der Waals surface area contributed by atoms with Crippen LogP contribution in [0, 0.1) is 5.92 Å². The van der Waals surface area contributed by atoms with Crippen LogP contribution in [0.2, 0.25) is 0 Å². The number of carbonyl (C=O) groups is 1. The van der Waals surface area contributed by atoms with Crippen molar-refractivity contribution < 1.29 is 4.79 Å². The molecule has 0 aromatic carbocycles. The van der Waals surface area contributed by atoms with Gasteiger partial charge in [-0.25, -0.2) is 0 Å². The summed E-state index contributed by atoms with van der Waals surface area (Å²) >= 11 is 0. The molecule has 1 N–H and O–H groups in total. The standard InChI is InChI=1S/C10H19NO/c1-8(2)9(6-7-12)11-10(3,4)5/h6-8,11H,1-5H3/b9-6+. The largest absolute Gasteiger partial charge is 0.383 e. The SMILES string of the molecule is CC(C)/C(=C\C=O)NC(C)(C)C. The zero-order valence-electron chi connectivity index (χ0n) is 8.64. The molecule has 0 aliphatic rings. The summed E-state index contributed by atoms with van der Waals surface area (Å²) in [6.45, 7) is 10.4. The van der Waals surface area contributed by atoms with Crippen molar-refractivity contribution in [1.82, 2.24) is 5.32 Å². The predicted octanol–water partition coefficient (Wildman–Crippen LogP) is 2.11. The van der Waals surface area contributed by atoms with Crippen molar-refractivity contribution >= 4 is 6.29 Å². The van der Waals surface area contributed by atoms with Gasteiger partial charge in [0, 0.05) is 11.2 Å². The third-order valence-electron chi connectivity index (χ3n) is 1.39. The van der Waals surface area contributed by atoms with E-state index < -0.39 is 0 Å². The highest BCUT2D eigenvalue weighted by Crippen LogP contribution is 2.10. The van der Waals surface area contributed by atoms with Crippen molar-refractivity contribution in [3.63, 3.8) is 0 Å². The van der Waals surface area contributed by atoms with Crippen LogP contribution in [0.3, 0.4) is 0 Å². The van der Waals surface area contributed by atoms with Crippen LogP contribution in [-0.4, -0.2) is 11.8 Å². The lowest BCUT2D eigenvalue weighted by Gasteiger charge is -2.26. The monoisotopic (exact) mass is 169 g/mol. The molecule has 0 bridgehead atoms. The second-order valence-electron chi connectivity index (χ2n) is 4.29. The molecule has 0 aliphatic heterocycles. The molecule has 0 aromatic rings. The fourth-order valence-electron chi connectivity index (χ4n) is 0.885. The van der Waals surface area contributed by atoms with Gasteiger partial charge in [-0.3, -0.25) is 4.79 Å². The summed E-state index contributed by atoms with van der Waals surface area (Å²) < 4.78 is 0. The summed E-state index contributed by atoms with van der Waals surface area (Å²) in [7, 11) is 0. The molecular weight excluding hydrogens is 150 g/mol. The summed E-state index contributed by atoms with van der Waals surface area (Å²) in [6, 6.07) is 0. The highest BCUT2D eigenvalue weighted by molar-refractivity contribution is 5.66. The molecular formula is C10H19NO. The fourth-order valence-corrected chi connectivity index (χ4v) is 0.885.